The van der Waals surface area contributed by atoms with Gasteiger partial charge in [0.1, 0.15) is 5.58 Å². The smallest absolute Gasteiger partial charge is 0.293 e. The number of rotatable bonds is 8. The maximum absolute atomic E-state index is 9.96. The molecule has 2 aromatic rings. The van der Waals surface area contributed by atoms with Crippen LogP contribution in [0.1, 0.15) is 31.2 Å². The zero-order valence-corrected chi connectivity index (χ0v) is 11.5. The van der Waals surface area contributed by atoms with Crippen molar-refractivity contribution >= 4 is 29.0 Å². The monoisotopic (exact) mass is 280 g/mol. The lowest BCUT2D eigenvalue weighted by Crippen LogP contribution is -1.92. The molecule has 0 amide bonds. The third kappa shape index (κ3) is 4.00. The van der Waals surface area contributed by atoms with Crippen LogP contribution >= 0.6 is 11.6 Å². The molecule has 0 unspecified atom stereocenters. The van der Waals surface area contributed by atoms with Crippen LogP contribution in [0.3, 0.4) is 0 Å². The number of carbonyl (C=O) groups excluding carboxylic acids is 1. The third-order valence-electron chi connectivity index (χ3n) is 3.14. The van der Waals surface area contributed by atoms with E-state index in [1.807, 2.05) is 24.5 Å². The van der Waals surface area contributed by atoms with Crippen LogP contribution in [0.15, 0.2) is 28.9 Å². The zero-order chi connectivity index (χ0) is 13.5. The Morgan fingerprint density at radius 1 is 1.21 bits per heavy atom. The van der Waals surface area contributed by atoms with Crippen molar-refractivity contribution in [2.45, 2.75) is 32.1 Å². The molecule has 0 fully saturated rings. The van der Waals surface area contributed by atoms with Gasteiger partial charge in [-0.1, -0.05) is 24.4 Å². The molecule has 3 nitrogen and oxygen atoms in total. The van der Waals surface area contributed by atoms with Crippen molar-refractivity contribution in [1.29, 1.82) is 0 Å². The minimum absolute atomic E-state index is 0.503. The third-order valence-corrected chi connectivity index (χ3v) is 3.38. The first-order valence-corrected chi connectivity index (χ1v) is 6.90. The first-order valence-electron chi connectivity index (χ1n) is 6.52. The second-order valence-corrected chi connectivity index (χ2v) is 4.97. The van der Waals surface area contributed by atoms with Crippen LogP contribution in [-0.2, 0) is 16.0 Å². The molecule has 4 heteroatoms. The predicted molar refractivity (Wildman–Crippen MR) is 75.4 cm³/mol. The topological polar surface area (TPSA) is 39.4 Å². The number of benzene rings is 1. The molecule has 0 bridgehead atoms. The number of hydrogen-bond acceptors (Lipinski definition) is 3. The summed E-state index contributed by atoms with van der Waals surface area (Å²) in [6.45, 7) is 1.03. The van der Waals surface area contributed by atoms with Gasteiger partial charge in [-0.05, 0) is 43.0 Å². The Kier molecular flexibility index (Phi) is 5.28. The van der Waals surface area contributed by atoms with Gasteiger partial charge in [0, 0.05) is 10.4 Å². The lowest BCUT2D eigenvalue weighted by molar-refractivity contribution is -0.128. The molecule has 0 saturated heterocycles. The van der Waals surface area contributed by atoms with Crippen molar-refractivity contribution in [3.8, 4) is 0 Å². The highest BCUT2D eigenvalue weighted by Gasteiger charge is 2.05. The van der Waals surface area contributed by atoms with E-state index in [9.17, 15) is 4.79 Å². The number of hydrogen-bond donors (Lipinski definition) is 0. The molecule has 0 aliphatic heterocycles. The number of halogens is 1. The number of furan rings is 1. The van der Waals surface area contributed by atoms with Crippen LogP contribution in [0.5, 0.6) is 0 Å². The molecular formula is C15H17ClO3. The molecule has 2 rings (SSSR count). The summed E-state index contributed by atoms with van der Waals surface area (Å²) < 4.78 is 10.1. The van der Waals surface area contributed by atoms with Gasteiger partial charge in [-0.25, -0.2) is 0 Å². The molecule has 1 aromatic heterocycles. The van der Waals surface area contributed by atoms with E-state index in [4.69, 9.17) is 16.0 Å². The van der Waals surface area contributed by atoms with Crippen LogP contribution in [0.4, 0.5) is 0 Å². The molecule has 0 N–H and O–H groups in total. The summed E-state index contributed by atoms with van der Waals surface area (Å²) in [5.41, 5.74) is 2.08. The summed E-state index contributed by atoms with van der Waals surface area (Å²) in [6.07, 6.45) is 7.07. The minimum atomic E-state index is 0.503. The standard InChI is InChI=1S/C15H17ClO3/c16-13-6-7-14-12(10-19-15(14)9-13)5-3-1-2-4-8-18-11-17/h6-7,9-11H,1-5,8H2. The molecule has 0 radical (unpaired) electrons. The van der Waals surface area contributed by atoms with Gasteiger partial charge in [0.25, 0.3) is 6.47 Å². The summed E-state index contributed by atoms with van der Waals surface area (Å²) in [7, 11) is 0. The Hall–Kier alpha value is -1.48. The van der Waals surface area contributed by atoms with Crippen LogP contribution in [0.25, 0.3) is 11.0 Å². The molecule has 0 atom stereocenters. The second-order valence-electron chi connectivity index (χ2n) is 4.53. The van der Waals surface area contributed by atoms with E-state index in [-0.39, 0.29) is 0 Å². The summed E-state index contributed by atoms with van der Waals surface area (Å²) >= 11 is 5.92. The Balaban J connectivity index is 1.77. The lowest BCUT2D eigenvalue weighted by atomic mass is 10.1. The van der Waals surface area contributed by atoms with E-state index in [0.29, 0.717) is 18.1 Å². The molecule has 0 saturated carbocycles. The van der Waals surface area contributed by atoms with Gasteiger partial charge < -0.3 is 9.15 Å². The number of unbranched alkanes of at least 4 members (excludes halogenated alkanes) is 3. The normalized spacial score (nSPS) is 10.8. The first kappa shape index (κ1) is 13.9. The van der Waals surface area contributed by atoms with Crippen molar-refractivity contribution in [2.75, 3.05) is 6.61 Å². The first-order chi connectivity index (χ1) is 9.31. The fourth-order valence-electron chi connectivity index (χ4n) is 2.15. The van der Waals surface area contributed by atoms with E-state index in [0.717, 1.165) is 43.1 Å². The van der Waals surface area contributed by atoms with Gasteiger partial charge in [-0.2, -0.15) is 0 Å². The van der Waals surface area contributed by atoms with Crippen molar-refractivity contribution in [2.24, 2.45) is 0 Å². The number of fused-ring (bicyclic) bond motifs is 1. The zero-order valence-electron chi connectivity index (χ0n) is 10.7. The highest BCUT2D eigenvalue weighted by Crippen LogP contribution is 2.25. The SMILES string of the molecule is O=COCCCCCCc1coc2cc(Cl)ccc12. The number of aryl methyl sites for hydroxylation is 1. The summed E-state index contributed by atoms with van der Waals surface area (Å²) in [6, 6.07) is 5.74. The number of ether oxygens (including phenoxy) is 1. The molecule has 19 heavy (non-hydrogen) atoms. The molecular weight excluding hydrogens is 264 g/mol. The lowest BCUT2D eigenvalue weighted by Gasteiger charge is -2.00. The van der Waals surface area contributed by atoms with Crippen molar-refractivity contribution in [3.05, 3.63) is 35.0 Å². The van der Waals surface area contributed by atoms with Gasteiger partial charge in [0.15, 0.2) is 0 Å². The van der Waals surface area contributed by atoms with Crippen LogP contribution in [0.2, 0.25) is 5.02 Å². The van der Waals surface area contributed by atoms with Crippen molar-refractivity contribution < 1.29 is 13.9 Å². The highest BCUT2D eigenvalue weighted by atomic mass is 35.5. The fraction of sp³-hybridized carbons (Fsp3) is 0.400. The summed E-state index contributed by atoms with van der Waals surface area (Å²) in [5, 5.41) is 1.84. The Bertz CT molecular complexity index is 533. The Labute approximate surface area is 117 Å². The Morgan fingerprint density at radius 2 is 2.05 bits per heavy atom. The second kappa shape index (κ2) is 7.19. The van der Waals surface area contributed by atoms with E-state index in [2.05, 4.69) is 4.74 Å². The van der Waals surface area contributed by atoms with Gasteiger partial charge in [0.05, 0.1) is 12.9 Å². The van der Waals surface area contributed by atoms with Gasteiger partial charge in [-0.3, -0.25) is 4.79 Å². The molecule has 102 valence electrons. The van der Waals surface area contributed by atoms with E-state index < -0.39 is 0 Å². The van der Waals surface area contributed by atoms with Gasteiger partial charge in [0.2, 0.25) is 0 Å². The number of carbonyl (C=O) groups is 1. The molecule has 0 aliphatic rings. The predicted octanol–water partition coefficient (Wildman–Crippen LogP) is 4.36. The molecule has 1 aromatic carbocycles. The Morgan fingerprint density at radius 3 is 2.89 bits per heavy atom. The van der Waals surface area contributed by atoms with Crippen molar-refractivity contribution in [3.63, 3.8) is 0 Å². The van der Waals surface area contributed by atoms with E-state index in [1.54, 1.807) is 0 Å². The van der Waals surface area contributed by atoms with Crippen LogP contribution < -0.4 is 0 Å². The quantitative estimate of drug-likeness (QED) is 0.533. The van der Waals surface area contributed by atoms with E-state index in [1.165, 1.54) is 5.56 Å². The van der Waals surface area contributed by atoms with E-state index >= 15 is 0 Å². The average molecular weight is 281 g/mol. The largest absolute Gasteiger partial charge is 0.468 e. The summed E-state index contributed by atoms with van der Waals surface area (Å²) in [5.74, 6) is 0. The van der Waals surface area contributed by atoms with Crippen LogP contribution in [0, 0.1) is 0 Å². The van der Waals surface area contributed by atoms with Gasteiger partial charge >= 0.3 is 0 Å². The van der Waals surface area contributed by atoms with Gasteiger partial charge in [-0.15, -0.1) is 0 Å². The maximum atomic E-state index is 9.96. The molecule has 0 spiro atoms. The summed E-state index contributed by atoms with van der Waals surface area (Å²) in [4.78, 5) is 9.96. The average Bonchev–Trinajstić information content (AvgIpc) is 2.80. The highest BCUT2D eigenvalue weighted by molar-refractivity contribution is 6.31. The fourth-order valence-corrected chi connectivity index (χ4v) is 2.32. The minimum Gasteiger partial charge on any atom is -0.468 e. The molecule has 1 heterocycles. The molecule has 0 aliphatic carbocycles. The maximum Gasteiger partial charge on any atom is 0.293 e. The van der Waals surface area contributed by atoms with Crippen LogP contribution in [-0.4, -0.2) is 13.1 Å². The van der Waals surface area contributed by atoms with Crippen molar-refractivity contribution in [1.82, 2.24) is 0 Å².